The Kier molecular flexibility index (Phi) is 6.16. The normalized spacial score (nSPS) is 10.4. The Bertz CT molecular complexity index is 807. The van der Waals surface area contributed by atoms with Crippen molar-refractivity contribution < 1.29 is 14.7 Å². The number of para-hydroxylation sites is 1. The molecule has 132 valence electrons. The zero-order valence-electron chi connectivity index (χ0n) is 13.4. The van der Waals surface area contributed by atoms with Crippen LogP contribution in [-0.2, 0) is 4.79 Å². The van der Waals surface area contributed by atoms with Crippen LogP contribution >= 0.6 is 34.8 Å². The summed E-state index contributed by atoms with van der Waals surface area (Å²) in [6.45, 7) is 3.42. The number of phenolic OH excluding ortho intramolecular Hbond substituents is 1. The minimum atomic E-state index is -0.761. The lowest BCUT2D eigenvalue weighted by Crippen LogP contribution is -2.33. The minimum Gasteiger partial charge on any atom is -0.505 e. The van der Waals surface area contributed by atoms with Gasteiger partial charge in [-0.05, 0) is 31.0 Å². The summed E-state index contributed by atoms with van der Waals surface area (Å²) in [5.74, 6) is -1.68. The number of hydrogen-bond acceptors (Lipinski definition) is 3. The van der Waals surface area contributed by atoms with Crippen LogP contribution in [0.5, 0.6) is 5.75 Å². The van der Waals surface area contributed by atoms with E-state index in [9.17, 15) is 14.7 Å². The first kappa shape index (κ1) is 19.4. The van der Waals surface area contributed by atoms with Crippen LogP contribution < -0.4 is 10.6 Å². The van der Waals surface area contributed by atoms with E-state index in [1.54, 1.807) is 0 Å². The molecule has 0 aliphatic carbocycles. The number of carbonyl (C=O) groups is 2. The van der Waals surface area contributed by atoms with Gasteiger partial charge in [0.15, 0.2) is 0 Å². The van der Waals surface area contributed by atoms with Crippen molar-refractivity contribution in [3.63, 3.8) is 0 Å². The SMILES string of the molecule is Cc1cccc(C)c1NC(=O)CNC(=O)c1c(O)c(Cl)cc(Cl)c1Cl. The molecule has 0 radical (unpaired) electrons. The highest BCUT2D eigenvalue weighted by molar-refractivity contribution is 6.45. The van der Waals surface area contributed by atoms with E-state index in [-0.39, 0.29) is 27.2 Å². The van der Waals surface area contributed by atoms with Gasteiger partial charge >= 0.3 is 0 Å². The lowest BCUT2D eigenvalue weighted by atomic mass is 10.1. The van der Waals surface area contributed by atoms with E-state index >= 15 is 0 Å². The molecule has 3 N–H and O–H groups in total. The van der Waals surface area contributed by atoms with Crippen LogP contribution in [0.1, 0.15) is 21.5 Å². The second-order valence-corrected chi connectivity index (χ2v) is 6.57. The van der Waals surface area contributed by atoms with Crippen LogP contribution in [0.4, 0.5) is 5.69 Å². The molecule has 8 heteroatoms. The standard InChI is InChI=1S/C17H15Cl3N2O3/c1-8-4-3-5-9(2)15(8)22-12(23)7-21-17(25)13-14(20)10(18)6-11(19)16(13)24/h3-6,24H,7H2,1-2H3,(H,21,25)(H,22,23). The lowest BCUT2D eigenvalue weighted by Gasteiger charge is -2.13. The van der Waals surface area contributed by atoms with Gasteiger partial charge in [-0.1, -0.05) is 53.0 Å². The van der Waals surface area contributed by atoms with Crippen LogP contribution in [-0.4, -0.2) is 23.5 Å². The molecule has 0 spiro atoms. The Balaban J connectivity index is 2.09. The van der Waals surface area contributed by atoms with Gasteiger partial charge in [-0.2, -0.15) is 0 Å². The lowest BCUT2D eigenvalue weighted by molar-refractivity contribution is -0.115. The highest BCUT2D eigenvalue weighted by atomic mass is 35.5. The van der Waals surface area contributed by atoms with Crippen LogP contribution in [0, 0.1) is 13.8 Å². The number of carbonyl (C=O) groups excluding carboxylic acids is 2. The Labute approximate surface area is 159 Å². The van der Waals surface area contributed by atoms with Crippen molar-refractivity contribution in [1.29, 1.82) is 0 Å². The fourth-order valence-electron chi connectivity index (χ4n) is 2.24. The maximum atomic E-state index is 12.2. The van der Waals surface area contributed by atoms with Gasteiger partial charge in [0.1, 0.15) is 11.3 Å². The summed E-state index contributed by atoms with van der Waals surface area (Å²) in [5.41, 5.74) is 2.22. The second kappa shape index (κ2) is 7.95. The van der Waals surface area contributed by atoms with Crippen molar-refractivity contribution in [2.75, 3.05) is 11.9 Å². The molecule has 25 heavy (non-hydrogen) atoms. The summed E-state index contributed by atoms with van der Waals surface area (Å²) in [6.07, 6.45) is 0. The number of benzene rings is 2. The number of nitrogens with one attached hydrogen (secondary N) is 2. The van der Waals surface area contributed by atoms with Gasteiger partial charge < -0.3 is 15.7 Å². The van der Waals surface area contributed by atoms with Crippen LogP contribution in [0.25, 0.3) is 0 Å². The van der Waals surface area contributed by atoms with E-state index in [1.165, 1.54) is 6.07 Å². The maximum Gasteiger partial charge on any atom is 0.257 e. The number of hydrogen-bond donors (Lipinski definition) is 3. The first-order valence-electron chi connectivity index (χ1n) is 7.23. The van der Waals surface area contributed by atoms with Gasteiger partial charge in [0, 0.05) is 5.69 Å². The summed E-state index contributed by atoms with van der Waals surface area (Å²) in [4.78, 5) is 24.3. The molecule has 0 saturated heterocycles. The van der Waals surface area contributed by atoms with Crippen molar-refractivity contribution in [2.45, 2.75) is 13.8 Å². The molecule has 0 fully saturated rings. The second-order valence-electron chi connectivity index (χ2n) is 5.38. The summed E-state index contributed by atoms with van der Waals surface area (Å²) in [7, 11) is 0. The maximum absolute atomic E-state index is 12.2. The molecule has 2 rings (SSSR count). The Morgan fingerprint density at radius 3 is 2.28 bits per heavy atom. The van der Waals surface area contributed by atoms with E-state index in [1.807, 2.05) is 32.0 Å². The third kappa shape index (κ3) is 4.37. The average molecular weight is 402 g/mol. The first-order chi connectivity index (χ1) is 11.7. The quantitative estimate of drug-likeness (QED) is 0.667. The number of halogens is 3. The molecule has 0 unspecified atom stereocenters. The number of aryl methyl sites for hydroxylation is 2. The van der Waals surface area contributed by atoms with Gasteiger partial charge in [0.05, 0.1) is 21.6 Å². The van der Waals surface area contributed by atoms with Crippen LogP contribution in [0.15, 0.2) is 24.3 Å². The molecular formula is C17H15Cl3N2O3. The summed E-state index contributed by atoms with van der Waals surface area (Å²) >= 11 is 17.6. The number of anilines is 1. The Morgan fingerprint density at radius 2 is 1.68 bits per heavy atom. The molecule has 0 aromatic heterocycles. The molecule has 2 aromatic carbocycles. The third-order valence-corrected chi connectivity index (χ3v) is 4.60. The molecule has 5 nitrogen and oxygen atoms in total. The summed E-state index contributed by atoms with van der Waals surface area (Å²) < 4.78 is 0. The fraction of sp³-hybridized carbons (Fsp3) is 0.176. The summed E-state index contributed by atoms with van der Waals surface area (Å²) in [5, 5.41) is 14.8. The first-order valence-corrected chi connectivity index (χ1v) is 8.36. The van der Waals surface area contributed by atoms with Crippen molar-refractivity contribution >= 4 is 52.3 Å². The van der Waals surface area contributed by atoms with E-state index in [4.69, 9.17) is 34.8 Å². The van der Waals surface area contributed by atoms with Crippen molar-refractivity contribution in [3.05, 3.63) is 56.0 Å². The van der Waals surface area contributed by atoms with Crippen molar-refractivity contribution in [3.8, 4) is 5.75 Å². The number of rotatable bonds is 4. The zero-order valence-corrected chi connectivity index (χ0v) is 15.7. The molecule has 0 heterocycles. The third-order valence-electron chi connectivity index (χ3n) is 3.53. The molecule has 0 atom stereocenters. The van der Waals surface area contributed by atoms with E-state index < -0.39 is 17.6 Å². The molecular weight excluding hydrogens is 387 g/mol. The molecule has 0 bridgehead atoms. The van der Waals surface area contributed by atoms with E-state index in [0.717, 1.165) is 11.1 Å². The van der Waals surface area contributed by atoms with Crippen LogP contribution in [0.3, 0.4) is 0 Å². The molecule has 0 aliphatic heterocycles. The monoisotopic (exact) mass is 400 g/mol. The summed E-state index contributed by atoms with van der Waals surface area (Å²) in [6, 6.07) is 6.85. The zero-order chi connectivity index (χ0) is 18.7. The van der Waals surface area contributed by atoms with Gasteiger partial charge in [-0.25, -0.2) is 0 Å². The van der Waals surface area contributed by atoms with E-state index in [2.05, 4.69) is 10.6 Å². The van der Waals surface area contributed by atoms with Crippen molar-refractivity contribution in [1.82, 2.24) is 5.32 Å². The van der Waals surface area contributed by atoms with Gasteiger partial charge in [-0.15, -0.1) is 0 Å². The Morgan fingerprint density at radius 1 is 1.08 bits per heavy atom. The average Bonchev–Trinajstić information content (AvgIpc) is 2.55. The van der Waals surface area contributed by atoms with Crippen molar-refractivity contribution in [2.24, 2.45) is 0 Å². The van der Waals surface area contributed by atoms with Crippen LogP contribution in [0.2, 0.25) is 15.1 Å². The van der Waals surface area contributed by atoms with E-state index in [0.29, 0.717) is 5.69 Å². The molecule has 0 aliphatic rings. The predicted octanol–water partition coefficient (Wildman–Crippen LogP) is 4.34. The number of amides is 2. The Hall–Kier alpha value is -1.95. The minimum absolute atomic E-state index is 0.0228. The molecule has 0 saturated carbocycles. The molecule has 2 amide bonds. The number of aromatic hydroxyl groups is 1. The fourth-order valence-corrected chi connectivity index (χ4v) is 2.93. The highest BCUT2D eigenvalue weighted by Gasteiger charge is 2.21. The number of phenols is 1. The topological polar surface area (TPSA) is 78.4 Å². The predicted molar refractivity (Wildman–Crippen MR) is 100 cm³/mol. The van der Waals surface area contributed by atoms with Gasteiger partial charge in [-0.3, -0.25) is 9.59 Å². The largest absolute Gasteiger partial charge is 0.505 e. The van der Waals surface area contributed by atoms with Gasteiger partial charge in [0.2, 0.25) is 5.91 Å². The smallest absolute Gasteiger partial charge is 0.257 e. The van der Waals surface area contributed by atoms with Gasteiger partial charge in [0.25, 0.3) is 5.91 Å². The highest BCUT2D eigenvalue weighted by Crippen LogP contribution is 2.38. The molecule has 2 aromatic rings.